The molecule has 0 aliphatic carbocycles. The van der Waals surface area contributed by atoms with E-state index in [1.807, 2.05) is 12.1 Å². The second-order valence-electron chi connectivity index (χ2n) is 5.02. The second kappa shape index (κ2) is 7.08. The van der Waals surface area contributed by atoms with Crippen molar-refractivity contribution in [1.29, 1.82) is 0 Å². The Bertz CT molecular complexity index is 811. The van der Waals surface area contributed by atoms with Gasteiger partial charge < -0.3 is 9.73 Å². The number of halogens is 4. The van der Waals surface area contributed by atoms with Crippen LogP contribution >= 0.6 is 27.3 Å². The van der Waals surface area contributed by atoms with Crippen LogP contribution in [0.1, 0.15) is 16.1 Å². The molecule has 0 fully saturated rings. The van der Waals surface area contributed by atoms with E-state index in [9.17, 15) is 13.2 Å². The van der Waals surface area contributed by atoms with Crippen LogP contribution in [-0.4, -0.2) is 4.98 Å². The summed E-state index contributed by atoms with van der Waals surface area (Å²) < 4.78 is 43.6. The topological polar surface area (TPSA) is 38.1 Å². The minimum absolute atomic E-state index is 0.472. The molecule has 2 heterocycles. The van der Waals surface area contributed by atoms with E-state index in [1.54, 1.807) is 6.20 Å². The number of aromatic nitrogens is 1. The molecule has 0 aliphatic heterocycles. The predicted octanol–water partition coefficient (Wildman–Crippen LogP) is 5.47. The molecule has 3 rings (SSSR count). The lowest BCUT2D eigenvalue weighted by Gasteiger charge is -2.08. The van der Waals surface area contributed by atoms with Crippen LogP contribution in [0.2, 0.25) is 0 Å². The zero-order valence-corrected chi connectivity index (χ0v) is 14.6. The van der Waals surface area contributed by atoms with Gasteiger partial charge in [0.25, 0.3) is 0 Å². The minimum atomic E-state index is -4.30. The smallest absolute Gasteiger partial charge is 0.416 e. The number of hydrogen-bond donors (Lipinski definition) is 1. The van der Waals surface area contributed by atoms with Gasteiger partial charge in [-0.15, -0.1) is 11.3 Å². The zero-order chi connectivity index (χ0) is 17.2. The van der Waals surface area contributed by atoms with Gasteiger partial charge in [0.15, 0.2) is 4.67 Å². The molecular weight excluding hydrogens is 405 g/mol. The lowest BCUT2D eigenvalue weighted by molar-refractivity contribution is -0.137. The van der Waals surface area contributed by atoms with E-state index in [4.69, 9.17) is 4.42 Å². The van der Waals surface area contributed by atoms with Crippen LogP contribution in [0, 0.1) is 0 Å². The Balaban J connectivity index is 1.54. The number of nitrogens with one attached hydrogen (secondary N) is 1. The van der Waals surface area contributed by atoms with Crippen molar-refractivity contribution in [3.63, 3.8) is 0 Å². The summed E-state index contributed by atoms with van der Waals surface area (Å²) >= 11 is 4.76. The maximum atomic E-state index is 12.5. The van der Waals surface area contributed by atoms with E-state index in [0.717, 1.165) is 33.3 Å². The molecule has 3 nitrogen and oxygen atoms in total. The Morgan fingerprint density at radius 1 is 1.08 bits per heavy atom. The molecule has 0 amide bonds. The molecular formula is C16H12BrF3N2OS. The fourth-order valence-electron chi connectivity index (χ4n) is 2.08. The van der Waals surface area contributed by atoms with Crippen LogP contribution in [0.25, 0.3) is 10.6 Å². The third kappa shape index (κ3) is 4.25. The first-order chi connectivity index (χ1) is 11.4. The number of rotatable bonds is 5. The van der Waals surface area contributed by atoms with Crippen molar-refractivity contribution in [3.8, 4) is 10.6 Å². The average molecular weight is 417 g/mol. The largest absolute Gasteiger partial charge is 0.448 e. The Morgan fingerprint density at radius 3 is 2.46 bits per heavy atom. The van der Waals surface area contributed by atoms with Crippen molar-refractivity contribution in [1.82, 2.24) is 10.3 Å². The average Bonchev–Trinajstić information content (AvgIpc) is 3.16. The van der Waals surface area contributed by atoms with Crippen molar-refractivity contribution < 1.29 is 17.6 Å². The molecule has 8 heteroatoms. The Hall–Kier alpha value is -1.64. The molecule has 3 aromatic rings. The van der Waals surface area contributed by atoms with E-state index in [-0.39, 0.29) is 0 Å². The highest BCUT2D eigenvalue weighted by Gasteiger charge is 2.29. The van der Waals surface area contributed by atoms with E-state index >= 15 is 0 Å². The van der Waals surface area contributed by atoms with Crippen LogP contribution in [-0.2, 0) is 19.3 Å². The minimum Gasteiger partial charge on any atom is -0.448 e. The van der Waals surface area contributed by atoms with E-state index in [2.05, 4.69) is 26.2 Å². The predicted molar refractivity (Wildman–Crippen MR) is 89.5 cm³/mol. The van der Waals surface area contributed by atoms with Gasteiger partial charge in [-0.25, -0.2) is 4.98 Å². The highest BCUT2D eigenvalue weighted by Crippen LogP contribution is 2.30. The lowest BCUT2D eigenvalue weighted by atomic mass is 10.1. The molecule has 0 saturated heterocycles. The van der Waals surface area contributed by atoms with Gasteiger partial charge in [0.05, 0.1) is 10.4 Å². The van der Waals surface area contributed by atoms with E-state index in [1.165, 1.54) is 23.5 Å². The van der Waals surface area contributed by atoms with Crippen molar-refractivity contribution in [2.24, 2.45) is 0 Å². The third-order valence-corrected chi connectivity index (χ3v) is 4.69. The third-order valence-electron chi connectivity index (χ3n) is 3.26. The summed E-state index contributed by atoms with van der Waals surface area (Å²) in [7, 11) is 0. The highest BCUT2D eigenvalue weighted by atomic mass is 79.9. The molecule has 0 unspecified atom stereocenters. The number of furan rings is 1. The molecule has 0 radical (unpaired) electrons. The summed E-state index contributed by atoms with van der Waals surface area (Å²) in [5, 5.41) is 4.05. The van der Waals surface area contributed by atoms with E-state index < -0.39 is 11.7 Å². The zero-order valence-electron chi connectivity index (χ0n) is 12.2. The summed E-state index contributed by atoms with van der Waals surface area (Å²) in [4.78, 5) is 5.23. The molecule has 0 saturated carbocycles. The van der Waals surface area contributed by atoms with Gasteiger partial charge >= 0.3 is 6.18 Å². The van der Waals surface area contributed by atoms with Gasteiger partial charge in [-0.3, -0.25) is 0 Å². The molecule has 24 heavy (non-hydrogen) atoms. The van der Waals surface area contributed by atoms with Crippen molar-refractivity contribution >= 4 is 27.3 Å². The summed E-state index contributed by atoms with van der Waals surface area (Å²) in [6.07, 6.45) is -2.56. The van der Waals surface area contributed by atoms with Crippen LogP contribution < -0.4 is 5.32 Å². The Morgan fingerprint density at radius 2 is 1.83 bits per heavy atom. The van der Waals surface area contributed by atoms with Crippen molar-refractivity contribution in [3.05, 3.63) is 63.4 Å². The maximum absolute atomic E-state index is 12.5. The number of hydrogen-bond acceptors (Lipinski definition) is 4. The standard InChI is InChI=1S/C16H12BrF3N2OS/c17-14-6-5-12(23-14)13-8-22-15(24-13)9-21-7-10-1-3-11(4-2-10)16(18,19)20/h1-6,8,21H,7,9H2. The SMILES string of the molecule is FC(F)(F)c1ccc(CNCc2ncc(-c3ccc(Br)o3)s2)cc1. The molecule has 1 N–H and O–H groups in total. The molecule has 0 aliphatic rings. The number of nitrogens with zero attached hydrogens (tertiary/aromatic N) is 1. The monoisotopic (exact) mass is 416 g/mol. The summed E-state index contributed by atoms with van der Waals surface area (Å²) in [6.45, 7) is 1.01. The number of alkyl halides is 3. The quantitative estimate of drug-likeness (QED) is 0.598. The Labute approximate surface area is 148 Å². The molecule has 1 aromatic carbocycles. The molecule has 0 bridgehead atoms. The van der Waals surface area contributed by atoms with Crippen molar-refractivity contribution in [2.75, 3.05) is 0 Å². The van der Waals surface area contributed by atoms with Gasteiger partial charge in [-0.05, 0) is 45.8 Å². The summed E-state index contributed by atoms with van der Waals surface area (Å²) in [6, 6.07) is 8.81. The van der Waals surface area contributed by atoms with Gasteiger partial charge in [0.1, 0.15) is 10.8 Å². The molecule has 0 atom stereocenters. The van der Waals surface area contributed by atoms with Gasteiger partial charge in [0.2, 0.25) is 0 Å². The highest BCUT2D eigenvalue weighted by molar-refractivity contribution is 9.10. The Kier molecular flexibility index (Phi) is 5.07. The normalized spacial score (nSPS) is 11.8. The van der Waals surface area contributed by atoms with Crippen LogP contribution in [0.5, 0.6) is 0 Å². The fourth-order valence-corrected chi connectivity index (χ4v) is 3.23. The van der Waals surface area contributed by atoms with Gasteiger partial charge in [0, 0.05) is 19.3 Å². The van der Waals surface area contributed by atoms with Crippen LogP contribution in [0.3, 0.4) is 0 Å². The van der Waals surface area contributed by atoms with Gasteiger partial charge in [-0.1, -0.05) is 12.1 Å². The maximum Gasteiger partial charge on any atom is 0.416 e. The van der Waals surface area contributed by atoms with Crippen LogP contribution in [0.15, 0.2) is 51.7 Å². The number of thiazole rings is 1. The molecule has 0 spiro atoms. The van der Waals surface area contributed by atoms with Crippen molar-refractivity contribution in [2.45, 2.75) is 19.3 Å². The number of benzene rings is 1. The molecule has 126 valence electrons. The first-order valence-corrected chi connectivity index (χ1v) is 8.60. The summed E-state index contributed by atoms with van der Waals surface area (Å²) in [5.41, 5.74) is 0.148. The second-order valence-corrected chi connectivity index (χ2v) is 6.92. The first-order valence-electron chi connectivity index (χ1n) is 6.99. The lowest BCUT2D eigenvalue weighted by Crippen LogP contribution is -2.12. The fraction of sp³-hybridized carbons (Fsp3) is 0.188. The molecule has 2 aromatic heterocycles. The van der Waals surface area contributed by atoms with Crippen LogP contribution in [0.4, 0.5) is 13.2 Å². The first kappa shape index (κ1) is 17.2. The summed E-state index contributed by atoms with van der Waals surface area (Å²) in [5.74, 6) is 0.744. The van der Waals surface area contributed by atoms with E-state index in [0.29, 0.717) is 17.8 Å². The van der Waals surface area contributed by atoms with Gasteiger partial charge in [-0.2, -0.15) is 13.2 Å².